The number of hydrogen-bond donors (Lipinski definition) is 1. The van der Waals surface area contributed by atoms with Gasteiger partial charge in [0.1, 0.15) is 0 Å². The van der Waals surface area contributed by atoms with E-state index in [1.54, 1.807) is 0 Å². The van der Waals surface area contributed by atoms with Crippen molar-refractivity contribution in [2.75, 3.05) is 13.6 Å². The zero-order valence-electron chi connectivity index (χ0n) is 10.9. The monoisotopic (exact) mass is 249 g/mol. The normalized spacial score (nSPS) is 25.8. The third kappa shape index (κ3) is 1.41. The Hall–Kier alpha value is -2.05. The fraction of sp³-hybridized carbons (Fsp3) is 0.312. The standard InChI is InChI=1S/C16H15N3/c1-19-9-10(7-17)5-13-12-3-2-4-14-16(12)11(8-18-14)6-15(13)19/h2-5,8,10,15,18H,6,9H2,1H3/t10-,15-/m1/s1. The molecule has 4 rings (SSSR count). The van der Waals surface area contributed by atoms with Crippen LogP contribution in [0.2, 0.25) is 0 Å². The minimum absolute atomic E-state index is 0.00648. The van der Waals surface area contributed by atoms with E-state index in [1.165, 1.54) is 27.6 Å². The molecule has 1 aliphatic carbocycles. The molecule has 0 bridgehead atoms. The summed E-state index contributed by atoms with van der Waals surface area (Å²) in [4.78, 5) is 5.68. The van der Waals surface area contributed by atoms with Crippen LogP contribution in [0.15, 0.2) is 30.5 Å². The van der Waals surface area contributed by atoms with E-state index in [4.69, 9.17) is 0 Å². The van der Waals surface area contributed by atoms with Gasteiger partial charge in [-0.3, -0.25) is 4.90 Å². The fourth-order valence-electron chi connectivity index (χ4n) is 3.53. The van der Waals surface area contributed by atoms with E-state index in [0.29, 0.717) is 6.04 Å². The van der Waals surface area contributed by atoms with Gasteiger partial charge >= 0.3 is 0 Å². The van der Waals surface area contributed by atoms with Gasteiger partial charge in [0.05, 0.1) is 12.0 Å². The summed E-state index contributed by atoms with van der Waals surface area (Å²) in [6.45, 7) is 0.834. The molecule has 0 fully saturated rings. The van der Waals surface area contributed by atoms with E-state index in [9.17, 15) is 5.26 Å². The van der Waals surface area contributed by atoms with Crippen molar-refractivity contribution in [2.24, 2.45) is 5.92 Å². The highest BCUT2D eigenvalue weighted by atomic mass is 15.1. The number of benzene rings is 1. The molecule has 0 saturated heterocycles. The van der Waals surface area contributed by atoms with Crippen LogP contribution in [-0.2, 0) is 6.42 Å². The number of aromatic nitrogens is 1. The van der Waals surface area contributed by atoms with Crippen molar-refractivity contribution in [2.45, 2.75) is 12.5 Å². The summed E-state index contributed by atoms with van der Waals surface area (Å²) in [6.07, 6.45) is 5.35. The van der Waals surface area contributed by atoms with Crippen molar-refractivity contribution >= 4 is 16.5 Å². The molecule has 3 nitrogen and oxygen atoms in total. The molecule has 2 aromatic rings. The molecule has 0 saturated carbocycles. The van der Waals surface area contributed by atoms with Crippen LogP contribution in [0, 0.1) is 17.2 Å². The van der Waals surface area contributed by atoms with Crippen molar-refractivity contribution in [3.63, 3.8) is 0 Å². The number of fused-ring (bicyclic) bond motifs is 2. The predicted molar refractivity (Wildman–Crippen MR) is 75.5 cm³/mol. The molecule has 0 amide bonds. The van der Waals surface area contributed by atoms with E-state index >= 15 is 0 Å². The first-order chi connectivity index (χ1) is 9.28. The fourth-order valence-corrected chi connectivity index (χ4v) is 3.53. The molecule has 1 N–H and O–H groups in total. The maximum atomic E-state index is 9.22. The van der Waals surface area contributed by atoms with Crippen molar-refractivity contribution in [1.29, 1.82) is 5.26 Å². The number of hydrogen-bond acceptors (Lipinski definition) is 2. The van der Waals surface area contributed by atoms with Crippen molar-refractivity contribution in [3.05, 3.63) is 41.6 Å². The molecule has 19 heavy (non-hydrogen) atoms. The molecule has 3 heteroatoms. The lowest BCUT2D eigenvalue weighted by atomic mass is 9.80. The highest BCUT2D eigenvalue weighted by molar-refractivity contribution is 5.98. The molecule has 2 heterocycles. The zero-order chi connectivity index (χ0) is 13.0. The number of nitrogens with zero attached hydrogens (tertiary/aromatic N) is 2. The highest BCUT2D eigenvalue weighted by Crippen LogP contribution is 2.40. The van der Waals surface area contributed by atoms with Gasteiger partial charge in [-0.1, -0.05) is 18.2 Å². The Labute approximate surface area is 112 Å². The van der Waals surface area contributed by atoms with E-state index in [-0.39, 0.29) is 5.92 Å². The molecular weight excluding hydrogens is 234 g/mol. The molecular formula is C16H15N3. The molecule has 0 unspecified atom stereocenters. The van der Waals surface area contributed by atoms with Gasteiger partial charge in [-0.25, -0.2) is 0 Å². The van der Waals surface area contributed by atoms with Gasteiger partial charge in [-0.15, -0.1) is 0 Å². The number of nitrogens with one attached hydrogen (secondary N) is 1. The van der Waals surface area contributed by atoms with Crippen molar-refractivity contribution in [3.8, 4) is 6.07 Å². The second kappa shape index (κ2) is 3.72. The van der Waals surface area contributed by atoms with Crippen LogP contribution in [0.5, 0.6) is 0 Å². The Kier molecular flexibility index (Phi) is 2.12. The van der Waals surface area contributed by atoms with Gasteiger partial charge in [0.2, 0.25) is 0 Å². The van der Waals surface area contributed by atoms with Crippen LogP contribution in [0.4, 0.5) is 0 Å². The molecule has 0 radical (unpaired) electrons. The molecule has 1 aromatic carbocycles. The third-order valence-corrected chi connectivity index (χ3v) is 4.43. The SMILES string of the molecule is CN1C[C@@H](C#N)C=C2c3cccc4[nH]cc(c34)C[C@H]21. The van der Waals surface area contributed by atoms with Crippen LogP contribution in [0.1, 0.15) is 11.1 Å². The number of nitriles is 1. The summed E-state index contributed by atoms with van der Waals surface area (Å²) in [6, 6.07) is 9.21. The first-order valence-electron chi connectivity index (χ1n) is 6.69. The van der Waals surface area contributed by atoms with Crippen LogP contribution < -0.4 is 0 Å². The second-order valence-electron chi connectivity index (χ2n) is 5.56. The average molecular weight is 249 g/mol. The molecule has 1 aromatic heterocycles. The van der Waals surface area contributed by atoms with Gasteiger partial charge in [0.15, 0.2) is 0 Å². The van der Waals surface area contributed by atoms with Gasteiger partial charge in [-0.2, -0.15) is 5.26 Å². The average Bonchev–Trinajstić information content (AvgIpc) is 2.85. The van der Waals surface area contributed by atoms with Crippen molar-refractivity contribution < 1.29 is 0 Å². The largest absolute Gasteiger partial charge is 0.361 e. The zero-order valence-corrected chi connectivity index (χ0v) is 10.9. The summed E-state index contributed by atoms with van der Waals surface area (Å²) >= 11 is 0. The van der Waals surface area contributed by atoms with E-state index in [0.717, 1.165) is 13.0 Å². The Morgan fingerprint density at radius 1 is 1.42 bits per heavy atom. The Bertz CT molecular complexity index is 732. The van der Waals surface area contributed by atoms with E-state index < -0.39 is 0 Å². The molecule has 1 aliphatic heterocycles. The van der Waals surface area contributed by atoms with Crippen molar-refractivity contribution in [1.82, 2.24) is 9.88 Å². The predicted octanol–water partition coefficient (Wildman–Crippen LogP) is 2.56. The van der Waals surface area contributed by atoms with Gasteiger partial charge in [-0.05, 0) is 36.2 Å². The van der Waals surface area contributed by atoms with Crippen LogP contribution in [-0.4, -0.2) is 29.5 Å². The third-order valence-electron chi connectivity index (χ3n) is 4.43. The molecule has 0 spiro atoms. The summed E-state index contributed by atoms with van der Waals surface area (Å²) in [7, 11) is 2.12. The summed E-state index contributed by atoms with van der Waals surface area (Å²) in [5.74, 6) is 0.00648. The van der Waals surface area contributed by atoms with E-state index in [1.807, 2.05) is 0 Å². The Balaban J connectivity index is 2.00. The quantitative estimate of drug-likeness (QED) is 0.779. The van der Waals surface area contributed by atoms with Gasteiger partial charge < -0.3 is 4.98 Å². The van der Waals surface area contributed by atoms with Crippen LogP contribution >= 0.6 is 0 Å². The summed E-state index contributed by atoms with van der Waals surface area (Å²) in [5.41, 5.74) is 5.23. The first-order valence-corrected chi connectivity index (χ1v) is 6.69. The lowest BCUT2D eigenvalue weighted by Gasteiger charge is -2.38. The minimum atomic E-state index is 0.00648. The number of rotatable bonds is 0. The number of H-pyrrole nitrogens is 1. The Morgan fingerprint density at radius 2 is 2.32 bits per heavy atom. The van der Waals surface area contributed by atoms with E-state index in [2.05, 4.69) is 53.5 Å². The lowest BCUT2D eigenvalue weighted by molar-refractivity contribution is 0.263. The summed E-state index contributed by atoms with van der Waals surface area (Å²) < 4.78 is 0. The van der Waals surface area contributed by atoms with Crippen LogP contribution in [0.3, 0.4) is 0 Å². The highest BCUT2D eigenvalue weighted by Gasteiger charge is 2.33. The minimum Gasteiger partial charge on any atom is -0.361 e. The Morgan fingerprint density at radius 3 is 3.16 bits per heavy atom. The second-order valence-corrected chi connectivity index (χ2v) is 5.56. The lowest BCUT2D eigenvalue weighted by Crippen LogP contribution is -2.42. The smallest absolute Gasteiger partial charge is 0.0777 e. The maximum Gasteiger partial charge on any atom is 0.0777 e. The molecule has 2 aliphatic rings. The maximum absolute atomic E-state index is 9.22. The van der Waals surface area contributed by atoms with Gasteiger partial charge in [0.25, 0.3) is 0 Å². The summed E-state index contributed by atoms with van der Waals surface area (Å²) in [5, 5.41) is 10.6. The number of aromatic amines is 1. The molecule has 94 valence electrons. The van der Waals surface area contributed by atoms with Crippen LogP contribution in [0.25, 0.3) is 16.5 Å². The first kappa shape index (κ1) is 10.8. The molecule has 2 atom stereocenters. The number of likely N-dealkylation sites (N-methyl/N-ethyl adjacent to an activating group) is 1. The van der Waals surface area contributed by atoms with Gasteiger partial charge in [0, 0.05) is 29.7 Å². The topological polar surface area (TPSA) is 42.8 Å².